The number of hydrogen-bond acceptors (Lipinski definition) is 2. The van der Waals surface area contributed by atoms with Crippen LogP contribution in [0.1, 0.15) is 200 Å². The Morgan fingerprint density at radius 2 is 0.465 bits per heavy atom. The first-order chi connectivity index (χ1) is 21.0. The Hall–Kier alpha value is 0.880. The fourth-order valence-corrected chi connectivity index (χ4v) is 6.61. The Morgan fingerprint density at radius 3 is 0.605 bits per heavy atom. The van der Waals surface area contributed by atoms with Gasteiger partial charge in [0.25, 0.3) is 0 Å². The molecule has 0 heterocycles. The van der Waals surface area contributed by atoms with Gasteiger partial charge in [0.05, 0.1) is 0 Å². The molecule has 0 saturated heterocycles. The van der Waals surface area contributed by atoms with E-state index in [0.717, 1.165) is 10.7 Å². The summed E-state index contributed by atoms with van der Waals surface area (Å²) in [5.41, 5.74) is 0. The first-order valence-corrected chi connectivity index (χ1v) is 21.6. The van der Waals surface area contributed by atoms with E-state index in [1.54, 1.807) is 0 Å². The van der Waals surface area contributed by atoms with Crippen molar-refractivity contribution in [2.24, 2.45) is 0 Å². The quantitative estimate of drug-likeness (QED) is 0.0501. The van der Waals surface area contributed by atoms with Crippen molar-refractivity contribution in [3.8, 4) is 0 Å². The third-order valence-electron chi connectivity index (χ3n) is 8.19. The van der Waals surface area contributed by atoms with Gasteiger partial charge in [-0.1, -0.05) is 213 Å². The minimum absolute atomic E-state index is 1.11. The van der Waals surface area contributed by atoms with E-state index >= 15 is 0 Å². The van der Waals surface area contributed by atoms with E-state index in [0.29, 0.717) is 0 Å². The summed E-state index contributed by atoms with van der Waals surface area (Å²) in [6, 6.07) is 0. The molecule has 0 fully saturated rings. The van der Waals surface area contributed by atoms with E-state index in [4.69, 9.17) is 0 Å². The number of nitrogens with zero attached hydrogens (tertiary/aromatic N) is 2. The fourth-order valence-electron chi connectivity index (χ4n) is 5.30. The molecule has 0 aliphatic rings. The molecular weight excluding hydrogens is 656 g/mol. The highest BCUT2D eigenvalue weighted by molar-refractivity contribution is 9.09. The number of unbranched alkanes of at least 4 members (excludes halogenated alkanes) is 26. The van der Waals surface area contributed by atoms with Gasteiger partial charge in [-0.3, -0.25) is 0 Å². The summed E-state index contributed by atoms with van der Waals surface area (Å²) in [4.78, 5) is 4.58. The van der Waals surface area contributed by atoms with Gasteiger partial charge in [0.15, 0.2) is 0 Å². The molecule has 0 bridgehead atoms. The molecule has 4 heteroatoms. The normalized spacial score (nSPS) is 11.0. The van der Waals surface area contributed by atoms with Crippen LogP contribution in [0, 0.1) is 0 Å². The molecule has 0 atom stereocenters. The lowest BCUT2D eigenvalue weighted by Crippen LogP contribution is -2.12. The van der Waals surface area contributed by atoms with Crippen LogP contribution < -0.4 is 0 Å². The molecule has 0 aromatic heterocycles. The van der Waals surface area contributed by atoms with E-state index < -0.39 is 0 Å². The maximum absolute atomic E-state index is 3.28. The number of hydrogen-bond donors (Lipinski definition) is 0. The second kappa shape index (κ2) is 47.3. The van der Waals surface area contributed by atoms with Crippen molar-refractivity contribution in [2.75, 3.05) is 51.9 Å². The predicted molar refractivity (Wildman–Crippen MR) is 210 cm³/mol. The van der Waals surface area contributed by atoms with Crippen molar-refractivity contribution < 1.29 is 0 Å². The summed E-state index contributed by atoms with van der Waals surface area (Å²) in [6.07, 6.45) is 41.9. The third-order valence-corrected chi connectivity index (χ3v) is 9.31. The molecule has 2 nitrogen and oxygen atoms in total. The molecule has 0 spiro atoms. The molecule has 0 aliphatic carbocycles. The summed E-state index contributed by atoms with van der Waals surface area (Å²) in [5, 5.41) is 2.22. The first-order valence-electron chi connectivity index (χ1n) is 19.4. The first kappa shape index (κ1) is 48.3. The molecule has 0 unspecified atom stereocenters. The van der Waals surface area contributed by atoms with Crippen LogP contribution in [0.3, 0.4) is 0 Å². The van der Waals surface area contributed by atoms with Crippen molar-refractivity contribution in [1.82, 2.24) is 9.80 Å². The molecule has 43 heavy (non-hydrogen) atoms. The highest BCUT2D eigenvalue weighted by atomic mass is 79.9. The maximum Gasteiger partial charge on any atom is 0.00392 e. The van der Waals surface area contributed by atoms with Gasteiger partial charge in [-0.25, -0.2) is 0 Å². The van der Waals surface area contributed by atoms with Gasteiger partial charge in [0.1, 0.15) is 0 Å². The van der Waals surface area contributed by atoms with Crippen LogP contribution in [0.5, 0.6) is 0 Å². The van der Waals surface area contributed by atoms with Gasteiger partial charge in [0, 0.05) is 10.7 Å². The highest BCUT2D eigenvalue weighted by Crippen LogP contribution is 2.14. The van der Waals surface area contributed by atoms with Crippen LogP contribution in [-0.4, -0.2) is 61.7 Å². The van der Waals surface area contributed by atoms with E-state index in [9.17, 15) is 0 Å². The molecule has 0 aromatic carbocycles. The van der Waals surface area contributed by atoms with Crippen molar-refractivity contribution in [3.63, 3.8) is 0 Å². The van der Waals surface area contributed by atoms with Crippen molar-refractivity contribution in [3.05, 3.63) is 0 Å². The molecule has 0 saturated carbocycles. The largest absolute Gasteiger partial charge is 0.309 e. The lowest BCUT2D eigenvalue weighted by Gasteiger charge is -2.08. The average Bonchev–Trinajstić information content (AvgIpc) is 2.98. The topological polar surface area (TPSA) is 6.48 Å². The fraction of sp³-hybridized carbons (Fsp3) is 1.00. The molecule has 0 aliphatic heterocycles. The lowest BCUT2D eigenvalue weighted by molar-refractivity contribution is 0.389. The minimum atomic E-state index is 1.11. The zero-order valence-electron chi connectivity index (χ0n) is 31.0. The molecule has 0 radical (unpaired) electrons. The smallest absolute Gasteiger partial charge is 0.00392 e. The monoisotopic (exact) mass is 739 g/mol. The zero-order valence-corrected chi connectivity index (χ0v) is 34.2. The standard InChI is InChI=1S/2C18H39N.C3H6Br2/c2*1-4-5-6-7-8-9-10-11-12-13-14-15-16-17-18-19(2)3;4-2-1-3-5/h2*4-18H2,1-3H3;1-3H2. The van der Waals surface area contributed by atoms with Crippen LogP contribution in [0.25, 0.3) is 0 Å². The zero-order chi connectivity index (χ0) is 32.5. The van der Waals surface area contributed by atoms with E-state index in [1.165, 1.54) is 199 Å². The molecule has 0 N–H and O–H groups in total. The Bertz CT molecular complexity index is 393. The predicted octanol–water partition coefficient (Wildman–Crippen LogP) is 14.2. The summed E-state index contributed by atoms with van der Waals surface area (Å²) in [5.74, 6) is 0. The van der Waals surface area contributed by atoms with E-state index in [2.05, 4.69) is 83.7 Å². The van der Waals surface area contributed by atoms with Crippen molar-refractivity contribution in [1.29, 1.82) is 0 Å². The van der Waals surface area contributed by atoms with Gasteiger partial charge < -0.3 is 9.80 Å². The van der Waals surface area contributed by atoms with Crippen LogP contribution in [-0.2, 0) is 0 Å². The molecular formula is C39H84Br2N2. The minimum Gasteiger partial charge on any atom is -0.309 e. The Labute approximate surface area is 292 Å². The number of halogens is 2. The van der Waals surface area contributed by atoms with Crippen molar-refractivity contribution >= 4 is 31.9 Å². The van der Waals surface area contributed by atoms with Gasteiger partial charge >= 0.3 is 0 Å². The van der Waals surface area contributed by atoms with E-state index in [1.807, 2.05) is 0 Å². The van der Waals surface area contributed by atoms with Crippen LogP contribution in [0.4, 0.5) is 0 Å². The van der Waals surface area contributed by atoms with Gasteiger partial charge in [-0.15, -0.1) is 0 Å². The summed E-state index contributed by atoms with van der Waals surface area (Å²) in [7, 11) is 8.68. The van der Waals surface area contributed by atoms with Crippen LogP contribution in [0.2, 0.25) is 0 Å². The second-order valence-corrected chi connectivity index (χ2v) is 15.1. The van der Waals surface area contributed by atoms with Gasteiger partial charge in [0.2, 0.25) is 0 Å². The molecule has 0 rings (SSSR count). The number of alkyl halides is 2. The summed E-state index contributed by atoms with van der Waals surface area (Å²) >= 11 is 6.56. The second-order valence-electron chi connectivity index (χ2n) is 13.5. The average molecular weight is 741 g/mol. The van der Waals surface area contributed by atoms with E-state index in [-0.39, 0.29) is 0 Å². The lowest BCUT2D eigenvalue weighted by atomic mass is 10.0. The van der Waals surface area contributed by atoms with Crippen LogP contribution in [0.15, 0.2) is 0 Å². The van der Waals surface area contributed by atoms with Crippen molar-refractivity contribution in [2.45, 2.75) is 200 Å². The molecule has 0 amide bonds. The maximum atomic E-state index is 3.28. The number of rotatable bonds is 32. The van der Waals surface area contributed by atoms with Gasteiger partial charge in [-0.2, -0.15) is 0 Å². The highest BCUT2D eigenvalue weighted by Gasteiger charge is 1.96. The Morgan fingerprint density at radius 1 is 0.279 bits per heavy atom. The Kier molecular flexibility index (Phi) is 53.1. The Balaban J connectivity index is -0.000000642. The summed E-state index contributed by atoms with van der Waals surface area (Å²) < 4.78 is 0. The van der Waals surface area contributed by atoms with Gasteiger partial charge in [-0.05, 0) is 60.5 Å². The molecule has 0 aromatic rings. The molecule has 264 valence electrons. The SMILES string of the molecule is BrCCCBr.CCCCCCCCCCCCCCCCN(C)C.CCCCCCCCCCCCCCCCN(C)C. The van der Waals surface area contributed by atoms with Crippen LogP contribution >= 0.6 is 31.9 Å². The third kappa shape index (κ3) is 58.9. The summed E-state index contributed by atoms with van der Waals surface area (Å²) in [6.45, 7) is 7.11.